The number of halogens is 6. The second-order valence-electron chi connectivity index (χ2n) is 8.57. The predicted octanol–water partition coefficient (Wildman–Crippen LogP) is 6.90. The lowest BCUT2D eigenvalue weighted by Crippen LogP contribution is -2.51. The van der Waals surface area contributed by atoms with Gasteiger partial charge in [-0.1, -0.05) is 43.0 Å². The lowest BCUT2D eigenvalue weighted by Gasteiger charge is -2.43. The maximum absolute atomic E-state index is 13.7. The molecule has 8 heteroatoms. The van der Waals surface area contributed by atoms with E-state index in [0.717, 1.165) is 37.6 Å². The van der Waals surface area contributed by atoms with E-state index in [1.807, 2.05) is 44.2 Å². The van der Waals surface area contributed by atoms with Crippen LogP contribution in [0.1, 0.15) is 55.0 Å². The van der Waals surface area contributed by atoms with Crippen molar-refractivity contribution in [2.75, 3.05) is 13.1 Å². The van der Waals surface area contributed by atoms with Gasteiger partial charge in [0.1, 0.15) is 0 Å². The first-order chi connectivity index (χ1) is 14.8. The third kappa shape index (κ3) is 5.11. The summed E-state index contributed by atoms with van der Waals surface area (Å²) in [6.07, 6.45) is -7.78. The van der Waals surface area contributed by atoms with Gasteiger partial charge in [0.25, 0.3) is 0 Å². The molecule has 32 heavy (non-hydrogen) atoms. The first kappa shape index (κ1) is 24.2. The van der Waals surface area contributed by atoms with E-state index in [2.05, 4.69) is 16.8 Å². The molecule has 174 valence electrons. The lowest BCUT2D eigenvalue weighted by atomic mass is 9.86. The molecule has 1 unspecified atom stereocenters. The number of likely N-dealkylation sites (tertiary alicyclic amines) is 1. The predicted molar refractivity (Wildman–Crippen MR) is 113 cm³/mol. The summed E-state index contributed by atoms with van der Waals surface area (Å²) in [5, 5.41) is 3.12. The van der Waals surface area contributed by atoms with Crippen molar-refractivity contribution in [3.05, 3.63) is 77.4 Å². The van der Waals surface area contributed by atoms with Crippen molar-refractivity contribution in [2.24, 2.45) is 0 Å². The molecule has 0 spiro atoms. The van der Waals surface area contributed by atoms with E-state index in [1.165, 1.54) is 0 Å². The Balaban J connectivity index is 2.01. The zero-order valence-electron chi connectivity index (χ0n) is 17.9. The first-order valence-electron chi connectivity index (χ1n) is 10.4. The number of alkyl halides is 6. The standard InChI is InChI=1S/C24H26F6N2/c1-16(19-12-11-18(23(25,26)27)15-20(19)24(28,29)30)31-21(17-9-5-4-6-10-17)22(2,3)32-13-7-8-14-32/h4-6,9-12,15,21,31H,1,7-8,13-14H2,2-3H3. The third-order valence-corrected chi connectivity index (χ3v) is 6.06. The molecule has 0 bridgehead atoms. The number of hydrogen-bond acceptors (Lipinski definition) is 2. The molecule has 2 aromatic carbocycles. The molecular formula is C24H26F6N2. The Bertz CT molecular complexity index is 941. The Morgan fingerprint density at radius 1 is 0.906 bits per heavy atom. The van der Waals surface area contributed by atoms with Crippen molar-refractivity contribution in [3.8, 4) is 0 Å². The molecule has 0 amide bonds. The normalized spacial score (nSPS) is 16.8. The van der Waals surface area contributed by atoms with Crippen LogP contribution in [0.4, 0.5) is 26.3 Å². The number of rotatable bonds is 6. The van der Waals surface area contributed by atoms with Crippen molar-refractivity contribution in [1.29, 1.82) is 0 Å². The second-order valence-corrected chi connectivity index (χ2v) is 8.57. The summed E-state index contributed by atoms with van der Waals surface area (Å²) in [5.74, 6) is 0. The first-order valence-corrected chi connectivity index (χ1v) is 10.4. The van der Waals surface area contributed by atoms with E-state index in [4.69, 9.17) is 0 Å². The van der Waals surface area contributed by atoms with Gasteiger partial charge in [0.05, 0.1) is 17.2 Å². The largest absolute Gasteiger partial charge is 0.417 e. The molecule has 1 aliphatic heterocycles. The summed E-state index contributed by atoms with van der Waals surface area (Å²) in [6, 6.07) is 10.5. The highest BCUT2D eigenvalue weighted by Gasteiger charge is 2.41. The number of benzene rings is 2. The zero-order chi connectivity index (χ0) is 23.7. The molecule has 1 aliphatic rings. The number of nitrogens with zero attached hydrogens (tertiary/aromatic N) is 1. The fourth-order valence-corrected chi connectivity index (χ4v) is 4.26. The summed E-state index contributed by atoms with van der Waals surface area (Å²) in [5.41, 5.74) is -2.82. The van der Waals surface area contributed by atoms with Crippen LogP contribution in [0.3, 0.4) is 0 Å². The fraction of sp³-hybridized carbons (Fsp3) is 0.417. The van der Waals surface area contributed by atoms with Gasteiger partial charge in [-0.15, -0.1) is 0 Å². The summed E-state index contributed by atoms with van der Waals surface area (Å²) in [4.78, 5) is 2.27. The van der Waals surface area contributed by atoms with E-state index in [-0.39, 0.29) is 11.8 Å². The van der Waals surface area contributed by atoms with E-state index in [0.29, 0.717) is 6.07 Å². The van der Waals surface area contributed by atoms with Gasteiger partial charge in [-0.2, -0.15) is 26.3 Å². The van der Waals surface area contributed by atoms with E-state index >= 15 is 0 Å². The highest BCUT2D eigenvalue weighted by Crippen LogP contribution is 2.40. The third-order valence-electron chi connectivity index (χ3n) is 6.06. The Morgan fingerprint density at radius 2 is 1.50 bits per heavy atom. The quantitative estimate of drug-likeness (QED) is 0.476. The molecule has 2 nitrogen and oxygen atoms in total. The Morgan fingerprint density at radius 3 is 2.03 bits per heavy atom. The van der Waals surface area contributed by atoms with Crippen LogP contribution >= 0.6 is 0 Å². The SMILES string of the molecule is C=C(NC(c1ccccc1)C(C)(C)N1CCCC1)c1ccc(C(F)(F)F)cc1C(F)(F)F. The van der Waals surface area contributed by atoms with Gasteiger partial charge < -0.3 is 5.32 Å². The number of hydrogen-bond donors (Lipinski definition) is 1. The minimum absolute atomic E-state index is 0.0767. The molecule has 1 heterocycles. The molecule has 2 aromatic rings. The van der Waals surface area contributed by atoms with Crippen LogP contribution < -0.4 is 5.32 Å². The van der Waals surface area contributed by atoms with Crippen molar-refractivity contribution in [2.45, 2.75) is 50.6 Å². The molecule has 0 saturated carbocycles. The molecule has 1 saturated heterocycles. The molecule has 0 aliphatic carbocycles. The number of nitrogens with one attached hydrogen (secondary N) is 1. The summed E-state index contributed by atoms with van der Waals surface area (Å²) in [6.45, 7) is 9.52. The summed E-state index contributed by atoms with van der Waals surface area (Å²) in [7, 11) is 0. The van der Waals surface area contributed by atoms with E-state index in [1.54, 1.807) is 0 Å². The summed E-state index contributed by atoms with van der Waals surface area (Å²) >= 11 is 0. The van der Waals surface area contributed by atoms with Gasteiger partial charge in [-0.05, 0) is 57.5 Å². The maximum atomic E-state index is 13.7. The Hall–Kier alpha value is -2.48. The minimum Gasteiger partial charge on any atom is -0.376 e. The fourth-order valence-electron chi connectivity index (χ4n) is 4.26. The molecule has 0 radical (unpaired) electrons. The van der Waals surface area contributed by atoms with Gasteiger partial charge in [0.15, 0.2) is 0 Å². The molecule has 0 aromatic heterocycles. The molecule has 1 N–H and O–H groups in total. The van der Waals surface area contributed by atoms with Gasteiger partial charge in [0, 0.05) is 16.8 Å². The van der Waals surface area contributed by atoms with Crippen molar-refractivity contribution >= 4 is 5.70 Å². The van der Waals surface area contributed by atoms with Crippen molar-refractivity contribution in [3.63, 3.8) is 0 Å². The van der Waals surface area contributed by atoms with Gasteiger partial charge in [-0.25, -0.2) is 0 Å². The van der Waals surface area contributed by atoms with Crippen LogP contribution in [0.25, 0.3) is 5.70 Å². The average Bonchev–Trinajstić information content (AvgIpc) is 3.26. The van der Waals surface area contributed by atoms with Crippen LogP contribution in [0.2, 0.25) is 0 Å². The molecule has 1 fully saturated rings. The van der Waals surface area contributed by atoms with Gasteiger partial charge in [-0.3, -0.25) is 4.90 Å². The summed E-state index contributed by atoms with van der Waals surface area (Å²) < 4.78 is 80.1. The van der Waals surface area contributed by atoms with Crippen LogP contribution in [-0.2, 0) is 12.4 Å². The van der Waals surface area contributed by atoms with E-state index < -0.39 is 40.6 Å². The van der Waals surface area contributed by atoms with Crippen LogP contribution in [0.5, 0.6) is 0 Å². The highest BCUT2D eigenvalue weighted by molar-refractivity contribution is 5.66. The highest BCUT2D eigenvalue weighted by atomic mass is 19.4. The Labute approximate surface area is 183 Å². The Kier molecular flexibility index (Phi) is 6.65. The zero-order valence-corrected chi connectivity index (χ0v) is 17.9. The minimum atomic E-state index is -4.96. The van der Waals surface area contributed by atoms with Gasteiger partial charge in [0.2, 0.25) is 0 Å². The van der Waals surface area contributed by atoms with E-state index in [9.17, 15) is 26.3 Å². The monoisotopic (exact) mass is 456 g/mol. The molecule has 1 atom stereocenters. The van der Waals surface area contributed by atoms with Crippen LogP contribution in [0.15, 0.2) is 55.1 Å². The lowest BCUT2D eigenvalue weighted by molar-refractivity contribution is -0.143. The van der Waals surface area contributed by atoms with Crippen molar-refractivity contribution in [1.82, 2.24) is 10.2 Å². The van der Waals surface area contributed by atoms with Crippen LogP contribution in [-0.4, -0.2) is 23.5 Å². The molecular weight excluding hydrogens is 430 g/mol. The molecule has 3 rings (SSSR count). The smallest absolute Gasteiger partial charge is 0.376 e. The van der Waals surface area contributed by atoms with Crippen molar-refractivity contribution < 1.29 is 26.3 Å². The maximum Gasteiger partial charge on any atom is 0.417 e. The second kappa shape index (κ2) is 8.81. The topological polar surface area (TPSA) is 15.3 Å². The van der Waals surface area contributed by atoms with Gasteiger partial charge >= 0.3 is 12.4 Å². The van der Waals surface area contributed by atoms with Crippen LogP contribution in [0, 0.1) is 0 Å². The average molecular weight is 456 g/mol.